The van der Waals surface area contributed by atoms with E-state index < -0.39 is 0 Å². The molecule has 0 spiro atoms. The zero-order valence-corrected chi connectivity index (χ0v) is 14.8. The molecule has 3 rings (SSSR count). The number of nitrogens with one attached hydrogen (secondary N) is 2. The molecule has 0 aliphatic carbocycles. The van der Waals surface area contributed by atoms with Gasteiger partial charge < -0.3 is 5.32 Å². The van der Waals surface area contributed by atoms with Gasteiger partial charge >= 0.3 is 0 Å². The third kappa shape index (κ3) is 4.40. The van der Waals surface area contributed by atoms with Crippen LogP contribution in [-0.4, -0.2) is 29.1 Å². The molecule has 130 valence electrons. The van der Waals surface area contributed by atoms with Gasteiger partial charge in [0, 0.05) is 24.3 Å². The maximum absolute atomic E-state index is 12.0. The van der Waals surface area contributed by atoms with Crippen LogP contribution < -0.4 is 10.6 Å². The van der Waals surface area contributed by atoms with Crippen LogP contribution in [0.2, 0.25) is 0 Å². The summed E-state index contributed by atoms with van der Waals surface area (Å²) >= 11 is 1.31. The standard InChI is InChI=1S/C19H16N4O2S/c1-20-17(25)14-10-7-13(8-11-14)9-12-16(24)21-19-23-22-18(26-19)15-5-3-2-4-6-15/h2-12H,1H3,(H,20,25)(H,21,23,24)/b12-9+. The third-order valence-electron chi connectivity index (χ3n) is 3.50. The zero-order valence-electron chi connectivity index (χ0n) is 14.0. The number of hydrogen-bond donors (Lipinski definition) is 2. The molecule has 26 heavy (non-hydrogen) atoms. The molecule has 7 heteroatoms. The van der Waals surface area contributed by atoms with Crippen molar-refractivity contribution in [2.45, 2.75) is 0 Å². The maximum Gasteiger partial charge on any atom is 0.251 e. The van der Waals surface area contributed by atoms with Gasteiger partial charge in [-0.1, -0.05) is 53.8 Å². The molecule has 0 aliphatic rings. The highest BCUT2D eigenvalue weighted by Crippen LogP contribution is 2.25. The molecule has 6 nitrogen and oxygen atoms in total. The van der Waals surface area contributed by atoms with Crippen LogP contribution in [-0.2, 0) is 4.79 Å². The van der Waals surface area contributed by atoms with Crippen LogP contribution in [0, 0.1) is 0 Å². The monoisotopic (exact) mass is 364 g/mol. The first kappa shape index (κ1) is 17.5. The predicted molar refractivity (Wildman–Crippen MR) is 103 cm³/mol. The average molecular weight is 364 g/mol. The highest BCUT2D eigenvalue weighted by Gasteiger charge is 2.08. The van der Waals surface area contributed by atoms with Crippen LogP contribution >= 0.6 is 11.3 Å². The molecule has 0 fully saturated rings. The number of hydrogen-bond acceptors (Lipinski definition) is 5. The molecular weight excluding hydrogens is 348 g/mol. The maximum atomic E-state index is 12.0. The van der Waals surface area contributed by atoms with Gasteiger partial charge in [0.25, 0.3) is 5.91 Å². The Labute approximate surface area is 154 Å². The summed E-state index contributed by atoms with van der Waals surface area (Å²) < 4.78 is 0. The summed E-state index contributed by atoms with van der Waals surface area (Å²) in [5.74, 6) is -0.445. The van der Waals surface area contributed by atoms with E-state index in [2.05, 4.69) is 20.8 Å². The van der Waals surface area contributed by atoms with E-state index in [1.807, 2.05) is 30.3 Å². The number of amides is 2. The van der Waals surface area contributed by atoms with E-state index in [1.165, 1.54) is 17.4 Å². The molecule has 0 aliphatic heterocycles. The van der Waals surface area contributed by atoms with Crippen LogP contribution in [0.15, 0.2) is 60.7 Å². The van der Waals surface area contributed by atoms with E-state index >= 15 is 0 Å². The number of carbonyl (C=O) groups excluding carboxylic acids is 2. The molecule has 1 aromatic heterocycles. The Hall–Kier alpha value is -3.32. The normalized spacial score (nSPS) is 10.7. The summed E-state index contributed by atoms with van der Waals surface area (Å²) in [4.78, 5) is 23.5. The van der Waals surface area contributed by atoms with Gasteiger partial charge in [-0.05, 0) is 23.8 Å². The summed E-state index contributed by atoms with van der Waals surface area (Å²) in [7, 11) is 1.58. The van der Waals surface area contributed by atoms with Crippen LogP contribution in [0.4, 0.5) is 5.13 Å². The van der Waals surface area contributed by atoms with Crippen LogP contribution in [0.1, 0.15) is 15.9 Å². The van der Waals surface area contributed by atoms with Gasteiger partial charge in [-0.2, -0.15) is 0 Å². The van der Waals surface area contributed by atoms with Crippen molar-refractivity contribution >= 4 is 34.4 Å². The minimum absolute atomic E-state index is 0.149. The minimum atomic E-state index is -0.295. The van der Waals surface area contributed by atoms with Gasteiger partial charge in [0.1, 0.15) is 5.01 Å². The second-order valence-electron chi connectivity index (χ2n) is 5.30. The first-order valence-corrected chi connectivity index (χ1v) is 8.67. The largest absolute Gasteiger partial charge is 0.355 e. The number of benzene rings is 2. The van der Waals surface area contributed by atoms with Crippen molar-refractivity contribution in [1.82, 2.24) is 15.5 Å². The molecule has 0 atom stereocenters. The Bertz CT molecular complexity index is 934. The lowest BCUT2D eigenvalue weighted by atomic mass is 10.1. The second kappa shape index (κ2) is 8.17. The molecule has 0 radical (unpaired) electrons. The SMILES string of the molecule is CNC(=O)c1ccc(/C=C/C(=O)Nc2nnc(-c3ccccc3)s2)cc1. The smallest absolute Gasteiger partial charge is 0.251 e. The molecule has 3 aromatic rings. The lowest BCUT2D eigenvalue weighted by Gasteiger charge is -2.00. The zero-order chi connectivity index (χ0) is 18.4. The van der Waals surface area contributed by atoms with E-state index in [4.69, 9.17) is 0 Å². The summed E-state index contributed by atoms with van der Waals surface area (Å²) in [5, 5.41) is 14.5. The number of anilines is 1. The molecule has 2 amide bonds. The molecule has 2 N–H and O–H groups in total. The molecule has 2 aromatic carbocycles. The van der Waals surface area contributed by atoms with Gasteiger partial charge in [-0.15, -0.1) is 10.2 Å². The van der Waals surface area contributed by atoms with Gasteiger partial charge in [0.05, 0.1) is 0 Å². The molecule has 0 bridgehead atoms. The Morgan fingerprint density at radius 3 is 2.42 bits per heavy atom. The van der Waals surface area contributed by atoms with E-state index in [-0.39, 0.29) is 11.8 Å². The van der Waals surface area contributed by atoms with Gasteiger partial charge in [0.2, 0.25) is 11.0 Å². The Kier molecular flexibility index (Phi) is 5.50. The van der Waals surface area contributed by atoms with E-state index in [0.717, 1.165) is 16.1 Å². The van der Waals surface area contributed by atoms with Gasteiger partial charge in [-0.3, -0.25) is 14.9 Å². The summed E-state index contributed by atoms with van der Waals surface area (Å²) in [6.45, 7) is 0. The molecule has 0 saturated carbocycles. The van der Waals surface area contributed by atoms with E-state index in [9.17, 15) is 9.59 Å². The molecule has 0 unspecified atom stereocenters. The van der Waals surface area contributed by atoms with E-state index in [0.29, 0.717) is 10.7 Å². The Morgan fingerprint density at radius 1 is 1.00 bits per heavy atom. The Balaban J connectivity index is 1.61. The fourth-order valence-corrected chi connectivity index (χ4v) is 2.93. The lowest BCUT2D eigenvalue weighted by molar-refractivity contribution is -0.111. The van der Waals surface area contributed by atoms with Gasteiger partial charge in [-0.25, -0.2) is 0 Å². The average Bonchev–Trinajstić information content (AvgIpc) is 3.15. The fraction of sp³-hybridized carbons (Fsp3) is 0.0526. The summed E-state index contributed by atoms with van der Waals surface area (Å²) in [6, 6.07) is 16.6. The minimum Gasteiger partial charge on any atom is -0.355 e. The number of rotatable bonds is 5. The number of nitrogens with zero attached hydrogens (tertiary/aromatic N) is 2. The predicted octanol–water partition coefficient (Wildman–Crippen LogP) is 3.22. The topological polar surface area (TPSA) is 84.0 Å². The number of aromatic nitrogens is 2. The molecule has 1 heterocycles. The van der Waals surface area contributed by atoms with Crippen molar-refractivity contribution in [3.63, 3.8) is 0 Å². The van der Waals surface area contributed by atoms with Crippen LogP contribution in [0.3, 0.4) is 0 Å². The van der Waals surface area contributed by atoms with Crippen molar-refractivity contribution < 1.29 is 9.59 Å². The van der Waals surface area contributed by atoms with Crippen molar-refractivity contribution in [2.24, 2.45) is 0 Å². The Morgan fingerprint density at radius 2 is 1.73 bits per heavy atom. The first-order chi connectivity index (χ1) is 12.7. The molecular formula is C19H16N4O2S. The van der Waals surface area contributed by atoms with Crippen molar-refractivity contribution in [2.75, 3.05) is 12.4 Å². The fourth-order valence-electron chi connectivity index (χ4n) is 2.18. The summed E-state index contributed by atoms with van der Waals surface area (Å²) in [5.41, 5.74) is 2.34. The molecule has 0 saturated heterocycles. The van der Waals surface area contributed by atoms with Gasteiger partial charge in [0.15, 0.2) is 0 Å². The lowest BCUT2D eigenvalue weighted by Crippen LogP contribution is -2.17. The third-order valence-corrected chi connectivity index (χ3v) is 4.39. The highest BCUT2D eigenvalue weighted by atomic mass is 32.1. The first-order valence-electron chi connectivity index (χ1n) is 7.86. The van der Waals surface area contributed by atoms with Crippen molar-refractivity contribution in [3.8, 4) is 10.6 Å². The quantitative estimate of drug-likeness (QED) is 0.681. The van der Waals surface area contributed by atoms with Crippen LogP contribution in [0.5, 0.6) is 0 Å². The highest BCUT2D eigenvalue weighted by molar-refractivity contribution is 7.18. The van der Waals surface area contributed by atoms with Crippen molar-refractivity contribution in [3.05, 3.63) is 71.8 Å². The van der Waals surface area contributed by atoms with Crippen LogP contribution in [0.25, 0.3) is 16.6 Å². The van der Waals surface area contributed by atoms with E-state index in [1.54, 1.807) is 37.4 Å². The number of carbonyl (C=O) groups is 2. The van der Waals surface area contributed by atoms with Crippen molar-refractivity contribution in [1.29, 1.82) is 0 Å². The summed E-state index contributed by atoms with van der Waals surface area (Å²) in [6.07, 6.45) is 3.08. The second-order valence-corrected chi connectivity index (χ2v) is 6.28.